The van der Waals surface area contributed by atoms with Crippen LogP contribution in [0.2, 0.25) is 0 Å². The summed E-state index contributed by atoms with van der Waals surface area (Å²) in [5.41, 5.74) is 1.34. The summed E-state index contributed by atoms with van der Waals surface area (Å²) in [5.74, 6) is 1.15. The Labute approximate surface area is 128 Å². The van der Waals surface area contributed by atoms with Gasteiger partial charge in [0.05, 0.1) is 13.5 Å². The van der Waals surface area contributed by atoms with Crippen molar-refractivity contribution in [3.8, 4) is 0 Å². The SMILES string of the molecule is COC(=O)CC1(NC[C@H]2C(C)=CCC[C@@H]2C)CCOCC1. The van der Waals surface area contributed by atoms with Crippen LogP contribution in [0.3, 0.4) is 0 Å². The Balaban J connectivity index is 1.99. The smallest absolute Gasteiger partial charge is 0.307 e. The van der Waals surface area contributed by atoms with Crippen LogP contribution in [-0.4, -0.2) is 38.4 Å². The zero-order valence-electron chi connectivity index (χ0n) is 13.6. The highest BCUT2D eigenvalue weighted by atomic mass is 16.5. The van der Waals surface area contributed by atoms with Crippen molar-refractivity contribution in [3.63, 3.8) is 0 Å². The van der Waals surface area contributed by atoms with Gasteiger partial charge in [-0.1, -0.05) is 18.6 Å². The van der Waals surface area contributed by atoms with Crippen LogP contribution in [0.4, 0.5) is 0 Å². The van der Waals surface area contributed by atoms with Crippen LogP contribution in [0.25, 0.3) is 0 Å². The summed E-state index contributed by atoms with van der Waals surface area (Å²) in [6.07, 6.45) is 7.03. The number of nitrogens with one attached hydrogen (secondary N) is 1. The fourth-order valence-corrected chi connectivity index (χ4v) is 3.59. The maximum atomic E-state index is 11.8. The van der Waals surface area contributed by atoms with Gasteiger partial charge in [-0.25, -0.2) is 0 Å². The molecule has 2 atom stereocenters. The van der Waals surface area contributed by atoms with Crippen molar-refractivity contribution < 1.29 is 14.3 Å². The summed E-state index contributed by atoms with van der Waals surface area (Å²) in [5, 5.41) is 3.71. The molecule has 2 aliphatic rings. The Morgan fingerprint density at radius 3 is 2.81 bits per heavy atom. The highest BCUT2D eigenvalue weighted by Gasteiger charge is 2.36. The first kappa shape index (κ1) is 16.5. The Kier molecular flexibility index (Phi) is 5.82. The lowest BCUT2D eigenvalue weighted by atomic mass is 9.78. The molecule has 2 rings (SSSR count). The first-order valence-electron chi connectivity index (χ1n) is 8.12. The number of hydrogen-bond donors (Lipinski definition) is 1. The number of carbonyl (C=O) groups excluding carboxylic acids is 1. The van der Waals surface area contributed by atoms with E-state index in [0.717, 1.165) is 32.6 Å². The van der Waals surface area contributed by atoms with E-state index in [9.17, 15) is 4.79 Å². The van der Waals surface area contributed by atoms with Gasteiger partial charge in [-0.3, -0.25) is 4.79 Å². The number of esters is 1. The third kappa shape index (κ3) is 4.30. The fourth-order valence-electron chi connectivity index (χ4n) is 3.59. The molecule has 0 spiro atoms. The summed E-state index contributed by atoms with van der Waals surface area (Å²) < 4.78 is 10.4. The minimum atomic E-state index is -0.150. The van der Waals surface area contributed by atoms with Gasteiger partial charge in [-0.15, -0.1) is 0 Å². The van der Waals surface area contributed by atoms with Gasteiger partial charge in [0.1, 0.15) is 0 Å². The Morgan fingerprint density at radius 2 is 2.19 bits per heavy atom. The maximum Gasteiger partial charge on any atom is 0.307 e. The molecule has 0 radical (unpaired) electrons. The summed E-state index contributed by atoms with van der Waals surface area (Å²) in [6.45, 7) is 6.96. The van der Waals surface area contributed by atoms with Crippen molar-refractivity contribution in [2.45, 2.75) is 51.5 Å². The van der Waals surface area contributed by atoms with Crippen LogP contribution in [0, 0.1) is 11.8 Å². The molecular formula is C17H29NO3. The van der Waals surface area contributed by atoms with Gasteiger partial charge < -0.3 is 14.8 Å². The third-order valence-electron chi connectivity index (χ3n) is 5.22. The molecule has 0 aromatic carbocycles. The first-order valence-corrected chi connectivity index (χ1v) is 8.12. The molecule has 1 heterocycles. The number of carbonyl (C=O) groups is 1. The lowest BCUT2D eigenvalue weighted by molar-refractivity contribution is -0.143. The van der Waals surface area contributed by atoms with E-state index >= 15 is 0 Å². The topological polar surface area (TPSA) is 47.6 Å². The molecule has 4 heteroatoms. The van der Waals surface area contributed by atoms with Crippen LogP contribution in [-0.2, 0) is 14.3 Å². The van der Waals surface area contributed by atoms with E-state index in [1.165, 1.54) is 25.5 Å². The van der Waals surface area contributed by atoms with Crippen molar-refractivity contribution in [1.29, 1.82) is 0 Å². The van der Waals surface area contributed by atoms with E-state index in [4.69, 9.17) is 9.47 Å². The number of allylic oxidation sites excluding steroid dienone is 1. The summed E-state index contributed by atoms with van der Waals surface area (Å²) in [6, 6.07) is 0. The molecule has 0 unspecified atom stereocenters. The second kappa shape index (κ2) is 7.41. The molecule has 120 valence electrons. The standard InChI is InChI=1S/C17H29NO3/c1-13-5-4-6-14(2)15(13)12-18-17(11-16(19)20-3)7-9-21-10-8-17/h5,14-15,18H,4,6-12H2,1-3H3/t14-,15-/m0/s1. The molecule has 0 aromatic rings. The van der Waals surface area contributed by atoms with Gasteiger partial charge in [0, 0.05) is 25.3 Å². The molecular weight excluding hydrogens is 266 g/mol. The van der Waals surface area contributed by atoms with Crippen LogP contribution < -0.4 is 5.32 Å². The van der Waals surface area contributed by atoms with Gasteiger partial charge in [-0.05, 0) is 44.4 Å². The zero-order valence-corrected chi connectivity index (χ0v) is 13.6. The molecule has 1 fully saturated rings. The van der Waals surface area contributed by atoms with Crippen molar-refractivity contribution in [2.75, 3.05) is 26.9 Å². The normalized spacial score (nSPS) is 28.8. The minimum absolute atomic E-state index is 0.131. The highest BCUT2D eigenvalue weighted by Crippen LogP contribution is 2.31. The second-order valence-electron chi connectivity index (χ2n) is 6.64. The molecule has 1 aliphatic carbocycles. The van der Waals surface area contributed by atoms with Gasteiger partial charge >= 0.3 is 5.97 Å². The quantitative estimate of drug-likeness (QED) is 0.626. The lowest BCUT2D eigenvalue weighted by Crippen LogP contribution is -2.53. The second-order valence-corrected chi connectivity index (χ2v) is 6.64. The van der Waals surface area contributed by atoms with Crippen LogP contribution in [0.5, 0.6) is 0 Å². The molecule has 0 aromatic heterocycles. The van der Waals surface area contributed by atoms with Crippen LogP contribution in [0.15, 0.2) is 11.6 Å². The van der Waals surface area contributed by atoms with Crippen molar-refractivity contribution in [1.82, 2.24) is 5.32 Å². The Hall–Kier alpha value is -0.870. The van der Waals surface area contributed by atoms with E-state index in [2.05, 4.69) is 25.2 Å². The first-order chi connectivity index (χ1) is 10.1. The van der Waals surface area contributed by atoms with E-state index in [-0.39, 0.29) is 11.5 Å². The molecule has 1 aliphatic heterocycles. The summed E-state index contributed by atoms with van der Waals surface area (Å²) in [7, 11) is 1.46. The van der Waals surface area contributed by atoms with Crippen molar-refractivity contribution >= 4 is 5.97 Å². The van der Waals surface area contributed by atoms with E-state index < -0.39 is 0 Å². The predicted octanol–water partition coefficient (Wildman–Crippen LogP) is 2.68. The van der Waals surface area contributed by atoms with Gasteiger partial charge in [0.2, 0.25) is 0 Å². The Morgan fingerprint density at radius 1 is 1.48 bits per heavy atom. The summed E-state index contributed by atoms with van der Waals surface area (Å²) in [4.78, 5) is 11.8. The summed E-state index contributed by atoms with van der Waals surface area (Å²) >= 11 is 0. The van der Waals surface area contributed by atoms with Gasteiger partial charge in [0.25, 0.3) is 0 Å². The number of ether oxygens (including phenoxy) is 2. The highest BCUT2D eigenvalue weighted by molar-refractivity contribution is 5.70. The van der Waals surface area contributed by atoms with Crippen LogP contribution >= 0.6 is 0 Å². The van der Waals surface area contributed by atoms with Gasteiger partial charge in [-0.2, -0.15) is 0 Å². The van der Waals surface area contributed by atoms with Crippen LogP contribution in [0.1, 0.15) is 46.0 Å². The van der Waals surface area contributed by atoms with E-state index in [0.29, 0.717) is 18.3 Å². The monoisotopic (exact) mass is 295 g/mol. The Bertz CT molecular complexity index is 385. The number of rotatable bonds is 5. The molecule has 21 heavy (non-hydrogen) atoms. The molecule has 0 amide bonds. The average molecular weight is 295 g/mol. The maximum absolute atomic E-state index is 11.8. The zero-order chi connectivity index (χ0) is 15.3. The predicted molar refractivity (Wildman–Crippen MR) is 83.1 cm³/mol. The molecule has 1 saturated heterocycles. The van der Waals surface area contributed by atoms with Gasteiger partial charge in [0.15, 0.2) is 0 Å². The number of methoxy groups -OCH3 is 1. The van der Waals surface area contributed by atoms with E-state index in [1.54, 1.807) is 0 Å². The molecule has 1 N–H and O–H groups in total. The molecule has 4 nitrogen and oxygen atoms in total. The largest absolute Gasteiger partial charge is 0.469 e. The van der Waals surface area contributed by atoms with Crippen molar-refractivity contribution in [2.24, 2.45) is 11.8 Å². The number of hydrogen-bond acceptors (Lipinski definition) is 4. The fraction of sp³-hybridized carbons (Fsp3) is 0.824. The average Bonchev–Trinajstić information content (AvgIpc) is 2.47. The minimum Gasteiger partial charge on any atom is -0.469 e. The third-order valence-corrected chi connectivity index (χ3v) is 5.22. The van der Waals surface area contributed by atoms with E-state index in [1.807, 2.05) is 0 Å². The van der Waals surface area contributed by atoms with Crippen molar-refractivity contribution in [3.05, 3.63) is 11.6 Å². The lowest BCUT2D eigenvalue weighted by Gasteiger charge is -2.40. The molecule has 0 bridgehead atoms. The molecule has 0 saturated carbocycles.